The summed E-state index contributed by atoms with van der Waals surface area (Å²) in [5.74, 6) is 0.710. The number of benzene rings is 2. The maximum absolute atomic E-state index is 12.3. The molecule has 24 heavy (non-hydrogen) atoms. The molecule has 1 N–H and O–H groups in total. The first-order valence-electron chi connectivity index (χ1n) is 8.53. The van der Waals surface area contributed by atoms with Gasteiger partial charge >= 0.3 is 0 Å². The van der Waals surface area contributed by atoms with E-state index in [1.807, 2.05) is 10.8 Å². The van der Waals surface area contributed by atoms with Crippen molar-refractivity contribution in [1.82, 2.24) is 14.9 Å². The number of nitrogens with one attached hydrogen (secondary N) is 1. The lowest BCUT2D eigenvalue weighted by molar-refractivity contribution is -0.122. The van der Waals surface area contributed by atoms with Crippen LogP contribution in [0.2, 0.25) is 0 Å². The van der Waals surface area contributed by atoms with Crippen LogP contribution in [0, 0.1) is 5.92 Å². The molecular weight excluding hydrogens is 298 g/mol. The smallest absolute Gasteiger partial charge is 0.223 e. The van der Waals surface area contributed by atoms with Crippen LogP contribution in [-0.2, 0) is 11.3 Å². The van der Waals surface area contributed by atoms with E-state index in [9.17, 15) is 4.79 Å². The topological polar surface area (TPSA) is 46.9 Å². The highest BCUT2D eigenvalue weighted by atomic mass is 16.2. The quantitative estimate of drug-likeness (QED) is 0.708. The Bertz CT molecular complexity index is 841. The van der Waals surface area contributed by atoms with Crippen LogP contribution >= 0.6 is 0 Å². The highest BCUT2D eigenvalue weighted by Crippen LogP contribution is 2.48. The van der Waals surface area contributed by atoms with Gasteiger partial charge < -0.3 is 9.88 Å². The summed E-state index contributed by atoms with van der Waals surface area (Å²) in [7, 11) is 0. The van der Waals surface area contributed by atoms with Gasteiger partial charge in [0, 0.05) is 31.4 Å². The number of imidazole rings is 1. The Labute approximate surface area is 141 Å². The van der Waals surface area contributed by atoms with Crippen LogP contribution in [0.25, 0.3) is 10.8 Å². The number of rotatable bonds is 6. The molecule has 0 unspecified atom stereocenters. The van der Waals surface area contributed by atoms with E-state index in [4.69, 9.17) is 0 Å². The van der Waals surface area contributed by atoms with Gasteiger partial charge in [-0.15, -0.1) is 0 Å². The van der Waals surface area contributed by atoms with Crippen molar-refractivity contribution in [3.05, 3.63) is 66.7 Å². The van der Waals surface area contributed by atoms with Crippen LogP contribution < -0.4 is 5.32 Å². The minimum atomic E-state index is 0.138. The van der Waals surface area contributed by atoms with Crippen molar-refractivity contribution in [3.63, 3.8) is 0 Å². The van der Waals surface area contributed by atoms with E-state index >= 15 is 0 Å². The van der Waals surface area contributed by atoms with Crippen LogP contribution in [0.5, 0.6) is 0 Å². The third-order valence-corrected chi connectivity index (χ3v) is 4.78. The van der Waals surface area contributed by atoms with Crippen LogP contribution in [-0.4, -0.2) is 22.0 Å². The number of aryl methyl sites for hydroxylation is 1. The van der Waals surface area contributed by atoms with Gasteiger partial charge in [0.15, 0.2) is 0 Å². The average Bonchev–Trinajstić information content (AvgIpc) is 3.26. The molecule has 122 valence electrons. The molecule has 1 aliphatic carbocycles. The first-order valence-corrected chi connectivity index (χ1v) is 8.53. The molecule has 0 aliphatic heterocycles. The second-order valence-corrected chi connectivity index (χ2v) is 6.50. The molecule has 2 atom stereocenters. The summed E-state index contributed by atoms with van der Waals surface area (Å²) in [4.78, 5) is 16.3. The fourth-order valence-corrected chi connectivity index (χ4v) is 3.31. The van der Waals surface area contributed by atoms with Gasteiger partial charge in [-0.25, -0.2) is 4.98 Å². The van der Waals surface area contributed by atoms with Crippen LogP contribution in [0.1, 0.15) is 24.3 Å². The summed E-state index contributed by atoms with van der Waals surface area (Å²) in [5.41, 5.74) is 1.28. The third kappa shape index (κ3) is 3.18. The fraction of sp³-hybridized carbons (Fsp3) is 0.300. The molecule has 1 amide bonds. The number of carbonyl (C=O) groups is 1. The molecule has 1 saturated carbocycles. The monoisotopic (exact) mass is 319 g/mol. The Morgan fingerprint density at radius 3 is 2.92 bits per heavy atom. The van der Waals surface area contributed by atoms with Gasteiger partial charge in [0.05, 0.1) is 6.33 Å². The van der Waals surface area contributed by atoms with Gasteiger partial charge in [-0.1, -0.05) is 42.5 Å². The number of hydrogen-bond acceptors (Lipinski definition) is 2. The summed E-state index contributed by atoms with van der Waals surface area (Å²) in [6.45, 7) is 1.61. The number of nitrogens with zero attached hydrogens (tertiary/aromatic N) is 2. The second kappa shape index (κ2) is 6.48. The molecule has 2 aromatic carbocycles. The van der Waals surface area contributed by atoms with Gasteiger partial charge in [0.1, 0.15) is 0 Å². The number of fused-ring (bicyclic) bond motifs is 1. The van der Waals surface area contributed by atoms with E-state index in [0.717, 1.165) is 25.9 Å². The van der Waals surface area contributed by atoms with Crippen molar-refractivity contribution in [2.45, 2.75) is 25.3 Å². The number of amides is 1. The Kier molecular flexibility index (Phi) is 4.03. The molecule has 0 spiro atoms. The maximum atomic E-state index is 12.3. The number of hydrogen-bond donors (Lipinski definition) is 1. The van der Waals surface area contributed by atoms with E-state index in [-0.39, 0.29) is 11.8 Å². The number of aromatic nitrogens is 2. The lowest BCUT2D eigenvalue weighted by Crippen LogP contribution is -2.27. The van der Waals surface area contributed by atoms with Crippen molar-refractivity contribution in [3.8, 4) is 0 Å². The summed E-state index contributed by atoms with van der Waals surface area (Å²) >= 11 is 0. The average molecular weight is 319 g/mol. The summed E-state index contributed by atoms with van der Waals surface area (Å²) in [5, 5.41) is 5.57. The van der Waals surface area contributed by atoms with Crippen molar-refractivity contribution < 1.29 is 4.79 Å². The fourth-order valence-electron chi connectivity index (χ4n) is 3.31. The first kappa shape index (κ1) is 14.9. The predicted octanol–water partition coefficient (Wildman–Crippen LogP) is 3.35. The zero-order chi connectivity index (χ0) is 16.4. The molecule has 4 nitrogen and oxygen atoms in total. The molecule has 1 heterocycles. The van der Waals surface area contributed by atoms with Crippen molar-refractivity contribution in [2.75, 3.05) is 6.54 Å². The lowest BCUT2D eigenvalue weighted by Gasteiger charge is -2.06. The molecule has 4 rings (SSSR count). The molecule has 0 bridgehead atoms. The highest BCUT2D eigenvalue weighted by Gasteiger charge is 2.43. The van der Waals surface area contributed by atoms with Crippen molar-refractivity contribution in [1.29, 1.82) is 0 Å². The summed E-state index contributed by atoms with van der Waals surface area (Å²) < 4.78 is 2.03. The zero-order valence-electron chi connectivity index (χ0n) is 13.6. The molecular formula is C20H21N3O. The summed E-state index contributed by atoms with van der Waals surface area (Å²) in [6, 6.07) is 14.9. The molecule has 4 heteroatoms. The minimum absolute atomic E-state index is 0.138. The van der Waals surface area contributed by atoms with E-state index in [1.165, 1.54) is 16.3 Å². The van der Waals surface area contributed by atoms with Gasteiger partial charge in [-0.2, -0.15) is 0 Å². The predicted molar refractivity (Wildman–Crippen MR) is 94.6 cm³/mol. The zero-order valence-corrected chi connectivity index (χ0v) is 13.6. The lowest BCUT2D eigenvalue weighted by atomic mass is 10.0. The molecule has 1 aromatic heterocycles. The van der Waals surface area contributed by atoms with Gasteiger partial charge in [0.2, 0.25) is 5.91 Å². The molecule has 0 saturated heterocycles. The SMILES string of the molecule is O=C(NCCCn1ccnc1)[C@H]1C[C@H]1c1ccc2ccccc2c1. The van der Waals surface area contributed by atoms with E-state index in [1.54, 1.807) is 12.5 Å². The van der Waals surface area contributed by atoms with Crippen LogP contribution in [0.15, 0.2) is 61.2 Å². The van der Waals surface area contributed by atoms with E-state index < -0.39 is 0 Å². The molecule has 3 aromatic rings. The van der Waals surface area contributed by atoms with Gasteiger partial charge in [0.25, 0.3) is 0 Å². The normalized spacial score (nSPS) is 19.3. The van der Waals surface area contributed by atoms with Crippen molar-refractivity contribution >= 4 is 16.7 Å². The Balaban J connectivity index is 1.29. The minimum Gasteiger partial charge on any atom is -0.356 e. The molecule has 1 fully saturated rings. The van der Waals surface area contributed by atoms with Gasteiger partial charge in [-0.3, -0.25) is 4.79 Å². The highest BCUT2D eigenvalue weighted by molar-refractivity contribution is 5.85. The van der Waals surface area contributed by atoms with E-state index in [2.05, 4.69) is 52.8 Å². The van der Waals surface area contributed by atoms with Crippen LogP contribution in [0.3, 0.4) is 0 Å². The van der Waals surface area contributed by atoms with Gasteiger partial charge in [-0.05, 0) is 35.1 Å². The maximum Gasteiger partial charge on any atom is 0.223 e. The summed E-state index contributed by atoms with van der Waals surface area (Å²) in [6.07, 6.45) is 7.41. The first-order chi connectivity index (χ1) is 11.8. The third-order valence-electron chi connectivity index (χ3n) is 4.78. The second-order valence-electron chi connectivity index (χ2n) is 6.50. The Hall–Kier alpha value is -2.62. The van der Waals surface area contributed by atoms with Crippen molar-refractivity contribution in [2.24, 2.45) is 5.92 Å². The number of carbonyl (C=O) groups excluding carboxylic acids is 1. The molecule has 0 radical (unpaired) electrons. The van der Waals surface area contributed by atoms with E-state index in [0.29, 0.717) is 5.92 Å². The Morgan fingerprint density at radius 1 is 1.21 bits per heavy atom. The largest absolute Gasteiger partial charge is 0.356 e. The Morgan fingerprint density at radius 2 is 2.08 bits per heavy atom. The standard InChI is InChI=1S/C20H21N3O/c24-20(22-8-3-10-23-11-9-21-14-23)19-13-18(19)17-7-6-15-4-1-2-5-16(15)12-17/h1-2,4-7,9,11-12,14,18-19H,3,8,10,13H2,(H,22,24)/t18-,19-/m0/s1. The van der Waals surface area contributed by atoms with Crippen LogP contribution in [0.4, 0.5) is 0 Å². The molecule has 1 aliphatic rings.